The number of aryl methyl sites for hydroxylation is 1. The third-order valence-corrected chi connectivity index (χ3v) is 2.64. The van der Waals surface area contributed by atoms with Crippen molar-refractivity contribution in [1.29, 1.82) is 0 Å². The van der Waals surface area contributed by atoms with Crippen molar-refractivity contribution in [3.63, 3.8) is 0 Å². The molecule has 1 fully saturated rings. The topological polar surface area (TPSA) is 65.1 Å². The van der Waals surface area contributed by atoms with E-state index < -0.39 is 0 Å². The van der Waals surface area contributed by atoms with Crippen LogP contribution in [0.2, 0.25) is 0 Å². The molecule has 1 aromatic heterocycles. The number of anilines is 2. The van der Waals surface area contributed by atoms with Crippen LogP contribution in [0.4, 0.5) is 11.5 Å². The van der Waals surface area contributed by atoms with E-state index in [0.29, 0.717) is 11.8 Å². The Morgan fingerprint density at radius 2 is 2.50 bits per heavy atom. The maximum Gasteiger partial charge on any atom is 0.171 e. The first-order valence-corrected chi connectivity index (χ1v) is 5.48. The molecule has 1 aliphatic rings. The summed E-state index contributed by atoms with van der Waals surface area (Å²) >= 11 is 0. The van der Waals surface area contributed by atoms with E-state index in [-0.39, 0.29) is 12.4 Å². The Hall–Kier alpha value is -0.940. The lowest BCUT2D eigenvalue weighted by molar-refractivity contribution is 0.120. The standard InChI is InChI=1S/C10H18N4O.ClH/c1-2-14-7-9(11)10(13-14)12-6-8-4-3-5-15-8;/h7-8H,2-6,11H2,1H3,(H,12,13);1H. The summed E-state index contributed by atoms with van der Waals surface area (Å²) in [6.45, 7) is 4.55. The number of aromatic nitrogens is 2. The highest BCUT2D eigenvalue weighted by atomic mass is 35.5. The van der Waals surface area contributed by atoms with Crippen LogP contribution in [-0.4, -0.2) is 29.0 Å². The van der Waals surface area contributed by atoms with E-state index >= 15 is 0 Å². The molecule has 6 heteroatoms. The Morgan fingerprint density at radius 1 is 1.69 bits per heavy atom. The van der Waals surface area contributed by atoms with Gasteiger partial charge in [0.1, 0.15) is 0 Å². The molecule has 1 unspecified atom stereocenters. The third-order valence-electron chi connectivity index (χ3n) is 2.64. The molecule has 92 valence electrons. The van der Waals surface area contributed by atoms with Gasteiger partial charge >= 0.3 is 0 Å². The van der Waals surface area contributed by atoms with Gasteiger partial charge in [-0.1, -0.05) is 0 Å². The number of rotatable bonds is 4. The van der Waals surface area contributed by atoms with E-state index in [2.05, 4.69) is 10.4 Å². The van der Waals surface area contributed by atoms with E-state index in [1.54, 1.807) is 0 Å². The van der Waals surface area contributed by atoms with E-state index in [0.717, 1.165) is 38.4 Å². The molecule has 5 nitrogen and oxygen atoms in total. The molecule has 1 aromatic rings. The zero-order valence-corrected chi connectivity index (χ0v) is 10.3. The van der Waals surface area contributed by atoms with Crippen molar-refractivity contribution in [2.24, 2.45) is 0 Å². The number of hydrogen-bond donors (Lipinski definition) is 2. The van der Waals surface area contributed by atoms with Crippen molar-refractivity contribution in [3.05, 3.63) is 6.20 Å². The minimum atomic E-state index is 0. The lowest BCUT2D eigenvalue weighted by Crippen LogP contribution is -2.19. The van der Waals surface area contributed by atoms with Crippen LogP contribution in [0.25, 0.3) is 0 Å². The summed E-state index contributed by atoms with van der Waals surface area (Å²) in [6, 6.07) is 0. The molecule has 16 heavy (non-hydrogen) atoms. The van der Waals surface area contributed by atoms with Crippen molar-refractivity contribution in [3.8, 4) is 0 Å². The molecule has 0 aromatic carbocycles. The Morgan fingerprint density at radius 3 is 3.06 bits per heavy atom. The van der Waals surface area contributed by atoms with Gasteiger partial charge < -0.3 is 15.8 Å². The Kier molecular flexibility index (Phi) is 4.89. The van der Waals surface area contributed by atoms with Crippen molar-refractivity contribution in [1.82, 2.24) is 9.78 Å². The molecule has 3 N–H and O–H groups in total. The molecule has 0 aliphatic carbocycles. The minimum absolute atomic E-state index is 0. The van der Waals surface area contributed by atoms with Crippen molar-refractivity contribution in [2.75, 3.05) is 24.2 Å². The third kappa shape index (κ3) is 3.02. The minimum Gasteiger partial charge on any atom is -0.394 e. The molecular formula is C10H19ClN4O. The van der Waals surface area contributed by atoms with Crippen molar-refractivity contribution < 1.29 is 4.74 Å². The van der Waals surface area contributed by atoms with Gasteiger partial charge in [-0.15, -0.1) is 12.4 Å². The molecule has 1 atom stereocenters. The predicted octanol–water partition coefficient (Wildman–Crippen LogP) is 1.50. The van der Waals surface area contributed by atoms with Gasteiger partial charge in [0.2, 0.25) is 0 Å². The summed E-state index contributed by atoms with van der Waals surface area (Å²) in [5.74, 6) is 0.771. The van der Waals surface area contributed by atoms with Gasteiger partial charge in [0.25, 0.3) is 0 Å². The highest BCUT2D eigenvalue weighted by Crippen LogP contribution is 2.17. The molecule has 0 radical (unpaired) electrons. The molecule has 0 amide bonds. The number of nitrogen functional groups attached to an aromatic ring is 1. The number of nitrogens with zero attached hydrogens (tertiary/aromatic N) is 2. The first-order chi connectivity index (χ1) is 7.29. The number of halogens is 1. The van der Waals surface area contributed by atoms with Gasteiger partial charge in [0.15, 0.2) is 5.82 Å². The number of nitrogens with one attached hydrogen (secondary N) is 1. The second-order valence-electron chi connectivity index (χ2n) is 3.80. The van der Waals surface area contributed by atoms with E-state index in [1.165, 1.54) is 0 Å². The van der Waals surface area contributed by atoms with Crippen LogP contribution in [0, 0.1) is 0 Å². The molecule has 2 heterocycles. The Bertz CT molecular complexity index is 323. The predicted molar refractivity (Wildman–Crippen MR) is 67.0 cm³/mol. The second-order valence-corrected chi connectivity index (χ2v) is 3.80. The number of hydrogen-bond acceptors (Lipinski definition) is 4. The lowest BCUT2D eigenvalue weighted by Gasteiger charge is -2.10. The van der Waals surface area contributed by atoms with Gasteiger partial charge in [0, 0.05) is 19.7 Å². The van der Waals surface area contributed by atoms with E-state index in [4.69, 9.17) is 10.5 Å². The van der Waals surface area contributed by atoms with Gasteiger partial charge in [-0.2, -0.15) is 5.10 Å². The van der Waals surface area contributed by atoms with Crippen LogP contribution in [0.3, 0.4) is 0 Å². The van der Waals surface area contributed by atoms with E-state index in [1.807, 2.05) is 17.8 Å². The van der Waals surface area contributed by atoms with Gasteiger partial charge in [-0.3, -0.25) is 4.68 Å². The average Bonchev–Trinajstić information content (AvgIpc) is 2.84. The van der Waals surface area contributed by atoms with Crippen LogP contribution < -0.4 is 11.1 Å². The van der Waals surface area contributed by atoms with Crippen LogP contribution in [0.5, 0.6) is 0 Å². The second kappa shape index (κ2) is 5.96. The summed E-state index contributed by atoms with van der Waals surface area (Å²) < 4.78 is 7.34. The summed E-state index contributed by atoms with van der Waals surface area (Å²) in [5.41, 5.74) is 6.52. The van der Waals surface area contributed by atoms with Crippen molar-refractivity contribution >= 4 is 23.9 Å². The molecule has 1 saturated heterocycles. The van der Waals surface area contributed by atoms with Crippen LogP contribution >= 0.6 is 12.4 Å². The van der Waals surface area contributed by atoms with Gasteiger partial charge in [0.05, 0.1) is 18.0 Å². The molecule has 0 spiro atoms. The quantitative estimate of drug-likeness (QED) is 0.845. The summed E-state index contributed by atoms with van der Waals surface area (Å²) in [7, 11) is 0. The molecular weight excluding hydrogens is 228 g/mol. The fraction of sp³-hybridized carbons (Fsp3) is 0.700. The zero-order valence-electron chi connectivity index (χ0n) is 9.48. The fourth-order valence-corrected chi connectivity index (χ4v) is 1.75. The monoisotopic (exact) mass is 246 g/mol. The van der Waals surface area contributed by atoms with Crippen LogP contribution in [0.15, 0.2) is 6.20 Å². The molecule has 0 bridgehead atoms. The Labute approximate surface area is 102 Å². The molecule has 0 saturated carbocycles. The SMILES string of the molecule is CCn1cc(N)c(NCC2CCCO2)n1.Cl. The smallest absolute Gasteiger partial charge is 0.171 e. The largest absolute Gasteiger partial charge is 0.394 e. The maximum atomic E-state index is 5.82. The normalized spacial score (nSPS) is 19.4. The number of nitrogens with two attached hydrogens (primary N) is 1. The van der Waals surface area contributed by atoms with E-state index in [9.17, 15) is 0 Å². The Balaban J connectivity index is 0.00000128. The lowest BCUT2D eigenvalue weighted by atomic mass is 10.2. The zero-order chi connectivity index (χ0) is 10.7. The van der Waals surface area contributed by atoms with Gasteiger partial charge in [-0.25, -0.2) is 0 Å². The summed E-state index contributed by atoms with van der Waals surface area (Å²) in [6.07, 6.45) is 4.45. The average molecular weight is 247 g/mol. The maximum absolute atomic E-state index is 5.82. The highest BCUT2D eigenvalue weighted by molar-refractivity contribution is 5.85. The highest BCUT2D eigenvalue weighted by Gasteiger charge is 2.16. The first-order valence-electron chi connectivity index (χ1n) is 5.48. The first kappa shape index (κ1) is 13.1. The van der Waals surface area contributed by atoms with Gasteiger partial charge in [-0.05, 0) is 19.8 Å². The molecule has 2 rings (SSSR count). The fourth-order valence-electron chi connectivity index (χ4n) is 1.75. The molecule has 1 aliphatic heterocycles. The summed E-state index contributed by atoms with van der Waals surface area (Å²) in [4.78, 5) is 0. The van der Waals surface area contributed by atoms with Crippen LogP contribution in [0.1, 0.15) is 19.8 Å². The summed E-state index contributed by atoms with van der Waals surface area (Å²) in [5, 5.41) is 7.54. The van der Waals surface area contributed by atoms with Crippen LogP contribution in [-0.2, 0) is 11.3 Å². The number of ether oxygens (including phenoxy) is 1. The van der Waals surface area contributed by atoms with Crippen molar-refractivity contribution in [2.45, 2.75) is 32.4 Å².